The quantitative estimate of drug-likeness (QED) is 0.529. The summed E-state index contributed by atoms with van der Waals surface area (Å²) < 4.78 is 32.7. The van der Waals surface area contributed by atoms with E-state index in [0.29, 0.717) is 21.5 Å². The summed E-state index contributed by atoms with van der Waals surface area (Å²) in [6.07, 6.45) is 1.45. The van der Waals surface area contributed by atoms with E-state index >= 15 is 0 Å². The Bertz CT molecular complexity index is 740. The van der Waals surface area contributed by atoms with Crippen molar-refractivity contribution >= 4 is 31.8 Å². The van der Waals surface area contributed by atoms with Crippen molar-refractivity contribution in [2.24, 2.45) is 5.84 Å². The highest BCUT2D eigenvalue weighted by Crippen LogP contribution is 2.22. The Labute approximate surface area is 130 Å². The van der Waals surface area contributed by atoms with Crippen molar-refractivity contribution in [3.63, 3.8) is 0 Å². The van der Waals surface area contributed by atoms with Gasteiger partial charge in [-0.2, -0.15) is 0 Å². The number of hydrazine groups is 1. The molecule has 2 heterocycles. The van der Waals surface area contributed by atoms with Gasteiger partial charge in [0.2, 0.25) is 10.0 Å². The van der Waals surface area contributed by atoms with Crippen LogP contribution in [-0.2, 0) is 16.6 Å². The maximum atomic E-state index is 12.4. The van der Waals surface area contributed by atoms with Gasteiger partial charge in [0.15, 0.2) is 5.82 Å². The molecule has 4 N–H and O–H groups in total. The average molecular weight is 376 g/mol. The standard InChI is InChI=1S/C11H14BrN5O3S/c1-6-9(7(2)20-17-6)5-15-21(18,19)10-3-8(12)4-14-11(10)16-13/h3-4,15H,5,13H2,1-2H3,(H,14,16). The van der Waals surface area contributed by atoms with Crippen molar-refractivity contribution in [2.45, 2.75) is 25.3 Å². The Kier molecular flexibility index (Phi) is 4.61. The Morgan fingerprint density at radius 1 is 1.43 bits per heavy atom. The summed E-state index contributed by atoms with van der Waals surface area (Å²) in [6, 6.07) is 1.41. The molecule has 114 valence electrons. The number of halogens is 1. The van der Waals surface area contributed by atoms with Crippen molar-refractivity contribution in [2.75, 3.05) is 5.43 Å². The minimum absolute atomic E-state index is 0.0499. The van der Waals surface area contributed by atoms with Crippen LogP contribution in [0.5, 0.6) is 0 Å². The van der Waals surface area contributed by atoms with E-state index in [1.165, 1.54) is 12.3 Å². The predicted molar refractivity (Wildman–Crippen MR) is 79.7 cm³/mol. The molecule has 0 saturated carbocycles. The van der Waals surface area contributed by atoms with E-state index in [1.807, 2.05) is 0 Å². The maximum absolute atomic E-state index is 12.4. The molecular weight excluding hydrogens is 362 g/mol. The van der Waals surface area contributed by atoms with Gasteiger partial charge in [-0.1, -0.05) is 5.16 Å². The number of nitrogen functional groups attached to an aromatic ring is 1. The Hall–Kier alpha value is -1.49. The summed E-state index contributed by atoms with van der Waals surface area (Å²) in [4.78, 5) is 3.86. The maximum Gasteiger partial charge on any atom is 0.244 e. The molecule has 2 rings (SSSR count). The largest absolute Gasteiger partial charge is 0.361 e. The summed E-state index contributed by atoms with van der Waals surface area (Å²) in [5.41, 5.74) is 3.60. The van der Waals surface area contributed by atoms with Crippen LogP contribution in [0.1, 0.15) is 17.0 Å². The molecule has 0 radical (unpaired) electrons. The van der Waals surface area contributed by atoms with Gasteiger partial charge in [0, 0.05) is 22.8 Å². The first-order valence-electron chi connectivity index (χ1n) is 5.88. The lowest BCUT2D eigenvalue weighted by Gasteiger charge is -2.10. The fraction of sp³-hybridized carbons (Fsp3) is 0.273. The highest BCUT2D eigenvalue weighted by molar-refractivity contribution is 9.10. The fourth-order valence-corrected chi connectivity index (χ4v) is 3.35. The van der Waals surface area contributed by atoms with Crippen molar-refractivity contribution in [3.05, 3.63) is 33.8 Å². The van der Waals surface area contributed by atoms with E-state index in [9.17, 15) is 8.42 Å². The smallest absolute Gasteiger partial charge is 0.244 e. The number of sulfonamides is 1. The van der Waals surface area contributed by atoms with Crippen molar-refractivity contribution in [1.82, 2.24) is 14.9 Å². The highest BCUT2D eigenvalue weighted by Gasteiger charge is 2.21. The Balaban J connectivity index is 2.29. The number of hydrogen-bond donors (Lipinski definition) is 3. The van der Waals surface area contributed by atoms with Crippen molar-refractivity contribution in [1.29, 1.82) is 0 Å². The van der Waals surface area contributed by atoms with Crippen LogP contribution in [0.15, 0.2) is 26.2 Å². The Morgan fingerprint density at radius 2 is 2.14 bits per heavy atom. The highest BCUT2D eigenvalue weighted by atomic mass is 79.9. The lowest BCUT2D eigenvalue weighted by atomic mass is 10.2. The van der Waals surface area contributed by atoms with Gasteiger partial charge in [-0.15, -0.1) is 0 Å². The van der Waals surface area contributed by atoms with E-state index in [2.05, 4.69) is 36.2 Å². The molecule has 10 heteroatoms. The second-order valence-corrected chi connectivity index (χ2v) is 6.92. The number of nitrogens with one attached hydrogen (secondary N) is 2. The number of nitrogens with two attached hydrogens (primary N) is 1. The van der Waals surface area contributed by atoms with E-state index in [-0.39, 0.29) is 17.3 Å². The molecule has 2 aromatic heterocycles. The minimum atomic E-state index is -3.79. The molecule has 0 unspecified atom stereocenters. The molecule has 0 atom stereocenters. The summed E-state index contributed by atoms with van der Waals surface area (Å²) >= 11 is 3.18. The summed E-state index contributed by atoms with van der Waals surface area (Å²) in [6.45, 7) is 3.53. The molecule has 0 bridgehead atoms. The molecule has 0 aliphatic carbocycles. The number of rotatable bonds is 5. The van der Waals surface area contributed by atoms with Gasteiger partial charge in [-0.25, -0.2) is 24.0 Å². The van der Waals surface area contributed by atoms with Gasteiger partial charge in [0.05, 0.1) is 5.69 Å². The van der Waals surface area contributed by atoms with Gasteiger partial charge >= 0.3 is 0 Å². The lowest BCUT2D eigenvalue weighted by molar-refractivity contribution is 0.392. The van der Waals surface area contributed by atoms with Crippen LogP contribution in [0.3, 0.4) is 0 Å². The predicted octanol–water partition coefficient (Wildman–Crippen LogP) is 1.21. The molecule has 0 aliphatic heterocycles. The minimum Gasteiger partial charge on any atom is -0.361 e. The number of nitrogens with zero attached hydrogens (tertiary/aromatic N) is 2. The SMILES string of the molecule is Cc1noc(C)c1CNS(=O)(=O)c1cc(Br)cnc1NN. The third kappa shape index (κ3) is 3.40. The van der Waals surface area contributed by atoms with Crippen LogP contribution in [0.4, 0.5) is 5.82 Å². The molecule has 0 saturated heterocycles. The third-order valence-electron chi connectivity index (χ3n) is 2.87. The van der Waals surface area contributed by atoms with Crippen LogP contribution in [0.25, 0.3) is 0 Å². The van der Waals surface area contributed by atoms with Crippen LogP contribution >= 0.6 is 15.9 Å². The van der Waals surface area contributed by atoms with Crippen LogP contribution < -0.4 is 16.0 Å². The average Bonchev–Trinajstić information content (AvgIpc) is 2.76. The zero-order valence-corrected chi connectivity index (χ0v) is 13.7. The summed E-state index contributed by atoms with van der Waals surface area (Å²) in [5.74, 6) is 5.92. The Morgan fingerprint density at radius 3 is 2.71 bits per heavy atom. The number of hydrogen-bond acceptors (Lipinski definition) is 7. The monoisotopic (exact) mass is 375 g/mol. The zero-order valence-electron chi connectivity index (χ0n) is 11.3. The van der Waals surface area contributed by atoms with E-state index in [1.54, 1.807) is 13.8 Å². The number of pyridine rings is 1. The molecule has 8 nitrogen and oxygen atoms in total. The van der Waals surface area contributed by atoms with Gasteiger partial charge in [-0.05, 0) is 35.8 Å². The lowest BCUT2D eigenvalue weighted by Crippen LogP contribution is -2.26. The second kappa shape index (κ2) is 6.10. The number of aryl methyl sites for hydroxylation is 2. The van der Waals surface area contributed by atoms with Crippen LogP contribution in [0, 0.1) is 13.8 Å². The molecular formula is C11H14BrN5O3S. The third-order valence-corrected chi connectivity index (χ3v) is 4.71. The molecule has 0 aromatic carbocycles. The second-order valence-electron chi connectivity index (χ2n) is 4.27. The first kappa shape index (κ1) is 15.9. The number of aromatic nitrogens is 2. The normalized spacial score (nSPS) is 11.6. The molecule has 0 amide bonds. The van der Waals surface area contributed by atoms with E-state index in [4.69, 9.17) is 10.4 Å². The molecule has 0 spiro atoms. The van der Waals surface area contributed by atoms with Crippen molar-refractivity contribution < 1.29 is 12.9 Å². The van der Waals surface area contributed by atoms with Crippen molar-refractivity contribution in [3.8, 4) is 0 Å². The van der Waals surface area contributed by atoms with Gasteiger partial charge in [0.1, 0.15) is 10.7 Å². The zero-order chi connectivity index (χ0) is 15.6. The molecule has 0 aliphatic rings. The number of anilines is 1. The first-order valence-corrected chi connectivity index (χ1v) is 8.16. The first-order chi connectivity index (χ1) is 9.85. The summed E-state index contributed by atoms with van der Waals surface area (Å²) in [5, 5.41) is 3.78. The topological polar surface area (TPSA) is 123 Å². The molecule has 2 aromatic rings. The van der Waals surface area contributed by atoms with Gasteiger partial charge < -0.3 is 9.95 Å². The molecule has 21 heavy (non-hydrogen) atoms. The molecule has 0 fully saturated rings. The van der Waals surface area contributed by atoms with Crippen LogP contribution in [0.2, 0.25) is 0 Å². The van der Waals surface area contributed by atoms with E-state index < -0.39 is 10.0 Å². The fourth-order valence-electron chi connectivity index (χ4n) is 1.73. The van der Waals surface area contributed by atoms with Crippen LogP contribution in [-0.4, -0.2) is 18.6 Å². The van der Waals surface area contributed by atoms with Gasteiger partial charge in [0.25, 0.3) is 0 Å². The van der Waals surface area contributed by atoms with Gasteiger partial charge in [-0.3, -0.25) is 0 Å². The van der Waals surface area contributed by atoms with E-state index in [0.717, 1.165) is 0 Å². The summed E-state index contributed by atoms with van der Waals surface area (Å²) in [7, 11) is -3.79.